The van der Waals surface area contributed by atoms with Crippen molar-refractivity contribution in [1.82, 2.24) is 14.8 Å². The molecule has 1 aliphatic heterocycles. The molecule has 0 aromatic carbocycles. The number of likely N-dealkylation sites (N-methyl/N-ethyl adjacent to an activating group) is 1. The van der Waals surface area contributed by atoms with Gasteiger partial charge in [-0.25, -0.2) is 0 Å². The molecule has 1 saturated heterocycles. The molecule has 1 N–H and O–H groups in total. The summed E-state index contributed by atoms with van der Waals surface area (Å²) in [4.78, 5) is 18.3. The van der Waals surface area contributed by atoms with E-state index < -0.39 is 0 Å². The van der Waals surface area contributed by atoms with Crippen molar-refractivity contribution in [2.24, 2.45) is 0 Å². The number of H-pyrrole nitrogens is 1. The fourth-order valence-corrected chi connectivity index (χ4v) is 1.81. The van der Waals surface area contributed by atoms with Crippen molar-refractivity contribution in [2.75, 3.05) is 33.2 Å². The molecule has 1 aromatic heterocycles. The predicted molar refractivity (Wildman–Crippen MR) is 71.2 cm³/mol. The van der Waals surface area contributed by atoms with Crippen molar-refractivity contribution in [2.45, 2.75) is 20.4 Å². The van der Waals surface area contributed by atoms with Gasteiger partial charge in [-0.2, -0.15) is 0 Å². The Morgan fingerprint density at radius 2 is 1.82 bits per heavy atom. The minimum Gasteiger partial charge on any atom is -0.329 e. The Bertz CT molecular complexity index is 347. The van der Waals surface area contributed by atoms with Crippen LogP contribution in [-0.2, 0) is 6.54 Å². The van der Waals surface area contributed by atoms with Crippen molar-refractivity contribution in [1.29, 1.82) is 0 Å². The van der Waals surface area contributed by atoms with E-state index in [9.17, 15) is 4.79 Å². The highest BCUT2D eigenvalue weighted by Gasteiger charge is 2.13. The quantitative estimate of drug-likeness (QED) is 0.838. The van der Waals surface area contributed by atoms with Crippen LogP contribution in [0.15, 0.2) is 23.1 Å². The minimum atomic E-state index is -0.0304. The largest absolute Gasteiger partial charge is 0.329 e. The molecule has 1 aromatic rings. The third kappa shape index (κ3) is 4.71. The molecule has 0 saturated carbocycles. The Balaban J connectivity index is 0.000000686. The lowest BCUT2D eigenvalue weighted by molar-refractivity contribution is 0.148. The van der Waals surface area contributed by atoms with Gasteiger partial charge in [-0.15, -0.1) is 0 Å². The zero-order valence-electron chi connectivity index (χ0n) is 11.1. The highest BCUT2D eigenvalue weighted by Crippen LogP contribution is 2.05. The average molecular weight is 237 g/mol. The van der Waals surface area contributed by atoms with Gasteiger partial charge in [0.05, 0.1) is 0 Å². The Hall–Kier alpha value is -1.13. The van der Waals surface area contributed by atoms with E-state index in [0.717, 1.165) is 32.7 Å². The SMILES string of the molecule is CC.CN1CCN(Cc2ccc(=O)[nH]c2)CC1. The second-order valence-corrected chi connectivity index (χ2v) is 4.14. The lowest BCUT2D eigenvalue weighted by Gasteiger charge is -2.32. The van der Waals surface area contributed by atoms with Crippen LogP contribution in [0.2, 0.25) is 0 Å². The minimum absolute atomic E-state index is 0.0304. The van der Waals surface area contributed by atoms with E-state index in [2.05, 4.69) is 21.8 Å². The zero-order chi connectivity index (χ0) is 12.7. The van der Waals surface area contributed by atoms with Gasteiger partial charge in [0.25, 0.3) is 0 Å². The van der Waals surface area contributed by atoms with Gasteiger partial charge in [-0.1, -0.05) is 19.9 Å². The summed E-state index contributed by atoms with van der Waals surface area (Å²) in [6, 6.07) is 3.49. The number of hydrogen-bond donors (Lipinski definition) is 1. The Labute approximate surface area is 103 Å². The first kappa shape index (κ1) is 13.9. The van der Waals surface area contributed by atoms with Crippen molar-refractivity contribution >= 4 is 0 Å². The molecule has 0 unspecified atom stereocenters. The maximum Gasteiger partial charge on any atom is 0.247 e. The van der Waals surface area contributed by atoms with E-state index in [0.29, 0.717) is 0 Å². The topological polar surface area (TPSA) is 39.3 Å². The van der Waals surface area contributed by atoms with Crippen molar-refractivity contribution in [3.05, 3.63) is 34.2 Å². The molecule has 4 heteroatoms. The molecule has 0 spiro atoms. The smallest absolute Gasteiger partial charge is 0.247 e. The zero-order valence-corrected chi connectivity index (χ0v) is 11.1. The molecular weight excluding hydrogens is 214 g/mol. The van der Waals surface area contributed by atoms with Gasteiger partial charge in [-0.3, -0.25) is 9.69 Å². The highest BCUT2D eigenvalue weighted by atomic mass is 16.1. The number of nitrogens with zero attached hydrogens (tertiary/aromatic N) is 2. The first-order valence-electron chi connectivity index (χ1n) is 6.32. The second kappa shape index (κ2) is 7.25. The maximum atomic E-state index is 10.9. The molecule has 96 valence electrons. The van der Waals surface area contributed by atoms with Gasteiger partial charge in [0, 0.05) is 45.0 Å². The Kier molecular flexibility index (Phi) is 5.94. The van der Waals surface area contributed by atoms with Crippen molar-refractivity contribution < 1.29 is 0 Å². The molecule has 4 nitrogen and oxygen atoms in total. The third-order valence-corrected chi connectivity index (χ3v) is 2.85. The van der Waals surface area contributed by atoms with Gasteiger partial charge in [-0.05, 0) is 12.6 Å². The average Bonchev–Trinajstić information content (AvgIpc) is 2.37. The first-order valence-corrected chi connectivity index (χ1v) is 6.32. The van der Waals surface area contributed by atoms with E-state index in [-0.39, 0.29) is 5.56 Å². The lowest BCUT2D eigenvalue weighted by atomic mass is 10.2. The van der Waals surface area contributed by atoms with Gasteiger partial charge < -0.3 is 9.88 Å². The molecule has 0 atom stereocenters. The van der Waals surface area contributed by atoms with Crippen LogP contribution in [0.5, 0.6) is 0 Å². The van der Waals surface area contributed by atoms with Crippen LogP contribution in [-0.4, -0.2) is 48.0 Å². The van der Waals surface area contributed by atoms with E-state index in [4.69, 9.17) is 0 Å². The molecule has 2 heterocycles. The molecule has 17 heavy (non-hydrogen) atoms. The first-order chi connectivity index (χ1) is 8.24. The van der Waals surface area contributed by atoms with Crippen LogP contribution in [0.1, 0.15) is 19.4 Å². The molecule has 0 bridgehead atoms. The normalized spacial score (nSPS) is 17.4. The molecule has 1 aliphatic rings. The molecular formula is C13H23N3O. The summed E-state index contributed by atoms with van der Waals surface area (Å²) in [5, 5.41) is 0. The predicted octanol–water partition coefficient (Wildman–Crippen LogP) is 1.15. The summed E-state index contributed by atoms with van der Waals surface area (Å²) >= 11 is 0. The van der Waals surface area contributed by atoms with Gasteiger partial charge in [0.1, 0.15) is 0 Å². The summed E-state index contributed by atoms with van der Waals surface area (Å²) in [7, 11) is 2.15. The fourth-order valence-electron chi connectivity index (χ4n) is 1.81. The summed E-state index contributed by atoms with van der Waals surface area (Å²) in [5.41, 5.74) is 1.15. The standard InChI is InChI=1S/C11H17N3O.C2H6/c1-13-4-6-14(7-5-13)9-10-2-3-11(15)12-8-10;1-2/h2-3,8H,4-7,9H2,1H3,(H,12,15);1-2H3. The molecule has 1 fully saturated rings. The third-order valence-electron chi connectivity index (χ3n) is 2.85. The Morgan fingerprint density at radius 3 is 2.35 bits per heavy atom. The monoisotopic (exact) mass is 237 g/mol. The summed E-state index contributed by atoms with van der Waals surface area (Å²) in [6.45, 7) is 9.41. The van der Waals surface area contributed by atoms with E-state index in [1.54, 1.807) is 12.3 Å². The number of nitrogens with one attached hydrogen (secondary N) is 1. The molecule has 2 rings (SSSR count). The van der Waals surface area contributed by atoms with E-state index in [1.807, 2.05) is 19.9 Å². The van der Waals surface area contributed by atoms with Crippen molar-refractivity contribution in [3.8, 4) is 0 Å². The lowest BCUT2D eigenvalue weighted by Crippen LogP contribution is -2.43. The Morgan fingerprint density at radius 1 is 1.18 bits per heavy atom. The molecule has 0 radical (unpaired) electrons. The van der Waals surface area contributed by atoms with Gasteiger partial charge >= 0.3 is 0 Å². The summed E-state index contributed by atoms with van der Waals surface area (Å²) in [6.07, 6.45) is 1.81. The number of rotatable bonds is 2. The van der Waals surface area contributed by atoms with Gasteiger partial charge in [0.15, 0.2) is 0 Å². The number of aromatic nitrogens is 1. The van der Waals surface area contributed by atoms with Crippen LogP contribution < -0.4 is 5.56 Å². The van der Waals surface area contributed by atoms with E-state index >= 15 is 0 Å². The fraction of sp³-hybridized carbons (Fsp3) is 0.615. The number of pyridine rings is 1. The highest BCUT2D eigenvalue weighted by molar-refractivity contribution is 5.08. The van der Waals surface area contributed by atoms with Crippen LogP contribution in [0.3, 0.4) is 0 Å². The van der Waals surface area contributed by atoms with Crippen molar-refractivity contribution in [3.63, 3.8) is 0 Å². The van der Waals surface area contributed by atoms with Crippen LogP contribution in [0.4, 0.5) is 0 Å². The van der Waals surface area contributed by atoms with Crippen LogP contribution in [0, 0.1) is 0 Å². The number of aromatic amines is 1. The summed E-state index contributed by atoms with van der Waals surface area (Å²) < 4.78 is 0. The van der Waals surface area contributed by atoms with Crippen LogP contribution in [0.25, 0.3) is 0 Å². The number of hydrogen-bond acceptors (Lipinski definition) is 3. The second-order valence-electron chi connectivity index (χ2n) is 4.14. The molecule has 0 aliphatic carbocycles. The van der Waals surface area contributed by atoms with E-state index in [1.165, 1.54) is 5.56 Å². The van der Waals surface area contributed by atoms with Gasteiger partial charge in [0.2, 0.25) is 5.56 Å². The maximum absolute atomic E-state index is 10.9. The molecule has 0 amide bonds. The van der Waals surface area contributed by atoms with Crippen LogP contribution >= 0.6 is 0 Å². The summed E-state index contributed by atoms with van der Waals surface area (Å²) in [5.74, 6) is 0. The number of piperazine rings is 1.